The van der Waals surface area contributed by atoms with Crippen molar-refractivity contribution in [2.24, 2.45) is 0 Å². The predicted octanol–water partition coefficient (Wildman–Crippen LogP) is 1.82. The van der Waals surface area contributed by atoms with Crippen molar-refractivity contribution in [1.29, 1.82) is 0 Å². The predicted molar refractivity (Wildman–Crippen MR) is 69.0 cm³/mol. The van der Waals surface area contributed by atoms with Crippen molar-refractivity contribution >= 4 is 11.6 Å². The fourth-order valence-electron chi connectivity index (χ4n) is 1.57. The molecule has 1 amide bonds. The van der Waals surface area contributed by atoms with Gasteiger partial charge in [0, 0.05) is 13.1 Å². The van der Waals surface area contributed by atoms with Gasteiger partial charge in [0.15, 0.2) is 6.61 Å². The van der Waals surface area contributed by atoms with E-state index in [1.165, 1.54) is 0 Å². The number of carbonyl (C=O) groups excluding carboxylic acids is 1. The highest BCUT2D eigenvalue weighted by atomic mass is 16.5. The maximum absolute atomic E-state index is 11.7. The third-order valence-electron chi connectivity index (χ3n) is 2.64. The van der Waals surface area contributed by atoms with Gasteiger partial charge < -0.3 is 15.4 Å². The summed E-state index contributed by atoms with van der Waals surface area (Å²) in [5, 5.41) is 0. The Balaban J connectivity index is 2.61. The van der Waals surface area contributed by atoms with Crippen LogP contribution in [0.4, 0.5) is 5.69 Å². The number of nitrogens with zero attached hydrogens (tertiary/aromatic N) is 1. The van der Waals surface area contributed by atoms with Gasteiger partial charge in [0.25, 0.3) is 5.91 Å². The number of aryl methyl sites for hydroxylation is 1. The second-order valence-electron chi connectivity index (χ2n) is 3.90. The van der Waals surface area contributed by atoms with Crippen molar-refractivity contribution in [2.75, 3.05) is 25.4 Å². The number of benzene rings is 1. The zero-order chi connectivity index (χ0) is 12.8. The zero-order valence-corrected chi connectivity index (χ0v) is 10.7. The molecule has 0 aliphatic rings. The highest BCUT2D eigenvalue weighted by molar-refractivity contribution is 5.78. The van der Waals surface area contributed by atoms with Gasteiger partial charge in [0.2, 0.25) is 0 Å². The molecule has 0 saturated heterocycles. The third kappa shape index (κ3) is 3.66. The monoisotopic (exact) mass is 236 g/mol. The Morgan fingerprint density at radius 3 is 2.59 bits per heavy atom. The lowest BCUT2D eigenvalue weighted by atomic mass is 10.2. The van der Waals surface area contributed by atoms with Crippen molar-refractivity contribution in [1.82, 2.24) is 4.90 Å². The first-order valence-electron chi connectivity index (χ1n) is 5.85. The molecule has 1 aromatic carbocycles. The molecule has 0 bridgehead atoms. The number of amides is 1. The molecular formula is C13H20N2O2. The molecule has 0 saturated carbocycles. The number of hydrogen-bond donors (Lipinski definition) is 1. The normalized spacial score (nSPS) is 10.1. The van der Waals surface area contributed by atoms with Crippen LogP contribution in [0.2, 0.25) is 0 Å². The molecule has 0 aliphatic carbocycles. The smallest absolute Gasteiger partial charge is 0.260 e. The van der Waals surface area contributed by atoms with Gasteiger partial charge in [-0.3, -0.25) is 4.79 Å². The van der Waals surface area contributed by atoms with Crippen LogP contribution in [0.1, 0.15) is 19.4 Å². The number of hydrogen-bond acceptors (Lipinski definition) is 3. The Hall–Kier alpha value is -1.71. The molecule has 0 fully saturated rings. The average molecular weight is 236 g/mol. The van der Waals surface area contributed by atoms with Crippen LogP contribution in [0.15, 0.2) is 18.2 Å². The minimum Gasteiger partial charge on any atom is -0.482 e. The quantitative estimate of drug-likeness (QED) is 0.793. The minimum absolute atomic E-state index is 0.0177. The van der Waals surface area contributed by atoms with Gasteiger partial charge in [-0.2, -0.15) is 0 Å². The number of ether oxygens (including phenoxy) is 1. The Morgan fingerprint density at radius 1 is 1.35 bits per heavy atom. The highest BCUT2D eigenvalue weighted by Crippen LogP contribution is 2.22. The molecule has 4 heteroatoms. The Bertz CT molecular complexity index is 387. The summed E-state index contributed by atoms with van der Waals surface area (Å²) in [6, 6.07) is 5.53. The fourth-order valence-corrected chi connectivity index (χ4v) is 1.57. The minimum atomic E-state index is -0.0177. The molecule has 2 N–H and O–H groups in total. The number of carbonyl (C=O) groups is 1. The van der Waals surface area contributed by atoms with E-state index in [1.807, 2.05) is 32.9 Å². The first kappa shape index (κ1) is 13.4. The van der Waals surface area contributed by atoms with Gasteiger partial charge in [-0.1, -0.05) is 6.07 Å². The summed E-state index contributed by atoms with van der Waals surface area (Å²) in [7, 11) is 0. The van der Waals surface area contributed by atoms with Gasteiger partial charge in [0.1, 0.15) is 5.75 Å². The Morgan fingerprint density at radius 2 is 2.00 bits per heavy atom. The van der Waals surface area contributed by atoms with Gasteiger partial charge in [0.05, 0.1) is 5.69 Å². The van der Waals surface area contributed by atoms with Crippen LogP contribution in [0.25, 0.3) is 0 Å². The van der Waals surface area contributed by atoms with E-state index in [0.717, 1.165) is 5.56 Å². The molecule has 0 atom stereocenters. The van der Waals surface area contributed by atoms with Gasteiger partial charge in [-0.15, -0.1) is 0 Å². The van der Waals surface area contributed by atoms with E-state index in [4.69, 9.17) is 10.5 Å². The zero-order valence-electron chi connectivity index (χ0n) is 10.7. The topological polar surface area (TPSA) is 55.6 Å². The van der Waals surface area contributed by atoms with Gasteiger partial charge in [-0.05, 0) is 38.5 Å². The van der Waals surface area contributed by atoms with E-state index in [-0.39, 0.29) is 12.5 Å². The summed E-state index contributed by atoms with van der Waals surface area (Å²) in [6.07, 6.45) is 0. The molecule has 0 unspecified atom stereocenters. The van der Waals surface area contributed by atoms with Crippen LogP contribution in [-0.2, 0) is 4.79 Å². The molecule has 1 rings (SSSR count). The molecule has 0 aromatic heterocycles. The van der Waals surface area contributed by atoms with Crippen molar-refractivity contribution in [3.8, 4) is 5.75 Å². The average Bonchev–Trinajstić information content (AvgIpc) is 2.32. The fraction of sp³-hybridized carbons (Fsp3) is 0.462. The van der Waals surface area contributed by atoms with Crippen LogP contribution in [0.5, 0.6) is 5.75 Å². The van der Waals surface area contributed by atoms with Gasteiger partial charge >= 0.3 is 0 Å². The second-order valence-corrected chi connectivity index (χ2v) is 3.90. The SMILES string of the molecule is CCN(CC)C(=O)COc1cc(C)ccc1N. The van der Waals surface area contributed by atoms with Crippen LogP contribution in [-0.4, -0.2) is 30.5 Å². The molecule has 4 nitrogen and oxygen atoms in total. The van der Waals surface area contributed by atoms with Crippen molar-refractivity contribution in [3.63, 3.8) is 0 Å². The van der Waals surface area contributed by atoms with E-state index in [2.05, 4.69) is 0 Å². The van der Waals surface area contributed by atoms with Crippen molar-refractivity contribution < 1.29 is 9.53 Å². The van der Waals surface area contributed by atoms with Crippen LogP contribution in [0.3, 0.4) is 0 Å². The molecular weight excluding hydrogens is 216 g/mol. The molecule has 94 valence electrons. The van der Waals surface area contributed by atoms with E-state index in [9.17, 15) is 4.79 Å². The molecule has 17 heavy (non-hydrogen) atoms. The lowest BCUT2D eigenvalue weighted by Gasteiger charge is -2.19. The standard InChI is InChI=1S/C13H20N2O2/c1-4-15(5-2)13(16)9-17-12-8-10(3)6-7-11(12)14/h6-8H,4-5,9,14H2,1-3H3. The molecule has 0 aliphatic heterocycles. The third-order valence-corrected chi connectivity index (χ3v) is 2.64. The number of rotatable bonds is 5. The van der Waals surface area contributed by atoms with Crippen LogP contribution >= 0.6 is 0 Å². The molecule has 0 spiro atoms. The van der Waals surface area contributed by atoms with Gasteiger partial charge in [-0.25, -0.2) is 0 Å². The van der Waals surface area contributed by atoms with Crippen molar-refractivity contribution in [2.45, 2.75) is 20.8 Å². The highest BCUT2D eigenvalue weighted by Gasteiger charge is 2.11. The molecule has 0 radical (unpaired) electrons. The van der Waals surface area contributed by atoms with E-state index in [1.54, 1.807) is 11.0 Å². The lowest BCUT2D eigenvalue weighted by Crippen LogP contribution is -2.34. The Kier molecular flexibility index (Phi) is 4.82. The first-order valence-corrected chi connectivity index (χ1v) is 5.85. The summed E-state index contributed by atoms with van der Waals surface area (Å²) in [6.45, 7) is 7.28. The summed E-state index contributed by atoms with van der Waals surface area (Å²) in [5.74, 6) is 0.557. The first-order chi connectivity index (χ1) is 8.08. The summed E-state index contributed by atoms with van der Waals surface area (Å²) in [5.41, 5.74) is 7.38. The maximum Gasteiger partial charge on any atom is 0.260 e. The largest absolute Gasteiger partial charge is 0.482 e. The maximum atomic E-state index is 11.7. The van der Waals surface area contributed by atoms with Crippen LogP contribution in [0, 0.1) is 6.92 Å². The number of nitrogen functional groups attached to an aromatic ring is 1. The summed E-state index contributed by atoms with van der Waals surface area (Å²) >= 11 is 0. The molecule has 0 heterocycles. The summed E-state index contributed by atoms with van der Waals surface area (Å²) in [4.78, 5) is 13.5. The lowest BCUT2D eigenvalue weighted by molar-refractivity contribution is -0.132. The number of likely N-dealkylation sites (N-methyl/N-ethyl adjacent to an activating group) is 1. The second kappa shape index (κ2) is 6.13. The summed E-state index contributed by atoms with van der Waals surface area (Å²) < 4.78 is 5.45. The van der Waals surface area contributed by atoms with E-state index < -0.39 is 0 Å². The van der Waals surface area contributed by atoms with Crippen LogP contribution < -0.4 is 10.5 Å². The number of nitrogens with two attached hydrogens (primary N) is 1. The van der Waals surface area contributed by atoms with E-state index in [0.29, 0.717) is 24.5 Å². The number of anilines is 1. The molecule has 1 aromatic rings. The Labute approximate surface area is 102 Å². The van der Waals surface area contributed by atoms with E-state index >= 15 is 0 Å². The van der Waals surface area contributed by atoms with Crippen molar-refractivity contribution in [3.05, 3.63) is 23.8 Å².